The summed E-state index contributed by atoms with van der Waals surface area (Å²) >= 11 is 0. The number of fused-ring (bicyclic) bond motifs is 1. The number of azo groups is 1. The maximum absolute atomic E-state index is 11.8. The highest BCUT2D eigenvalue weighted by molar-refractivity contribution is 5.68. The fraction of sp³-hybridized carbons (Fsp3) is 0.643. The molecule has 0 spiro atoms. The molecule has 0 bridgehead atoms. The van der Waals surface area contributed by atoms with E-state index in [2.05, 4.69) is 27.3 Å². The van der Waals surface area contributed by atoms with Gasteiger partial charge < -0.3 is 9.64 Å². The van der Waals surface area contributed by atoms with Gasteiger partial charge in [0.25, 0.3) is 0 Å². The molecule has 1 aliphatic heterocycles. The first-order chi connectivity index (χ1) is 10.2. The number of hydrogen-bond acceptors (Lipinski definition) is 6. The van der Waals surface area contributed by atoms with Gasteiger partial charge in [0.2, 0.25) is 0 Å². The average Bonchev–Trinajstić information content (AvgIpc) is 2.51. The van der Waals surface area contributed by atoms with Gasteiger partial charge in [0, 0.05) is 13.0 Å². The summed E-state index contributed by atoms with van der Waals surface area (Å²) in [5.41, 5.74) is 1.89. The van der Waals surface area contributed by atoms with Gasteiger partial charge in [-0.1, -0.05) is 13.3 Å². The maximum atomic E-state index is 11.8. The molecule has 0 aromatic carbocycles. The lowest BCUT2D eigenvalue weighted by molar-refractivity contribution is 0.102. The van der Waals surface area contributed by atoms with Gasteiger partial charge >= 0.3 is 6.09 Å². The highest BCUT2D eigenvalue weighted by Crippen LogP contribution is 2.20. The van der Waals surface area contributed by atoms with Gasteiger partial charge in [0.1, 0.15) is 0 Å². The van der Waals surface area contributed by atoms with Gasteiger partial charge in [-0.05, 0) is 25.0 Å². The van der Waals surface area contributed by atoms with Crippen molar-refractivity contribution >= 4 is 11.9 Å². The van der Waals surface area contributed by atoms with Crippen molar-refractivity contribution in [1.29, 1.82) is 0 Å². The Morgan fingerprint density at radius 2 is 2.29 bits per heavy atom. The molecule has 7 nitrogen and oxygen atoms in total. The van der Waals surface area contributed by atoms with Crippen LogP contribution in [0.4, 0.5) is 10.6 Å². The van der Waals surface area contributed by atoms with Crippen molar-refractivity contribution in [2.75, 3.05) is 19.7 Å². The maximum Gasteiger partial charge on any atom is 0.410 e. The van der Waals surface area contributed by atoms with E-state index in [-0.39, 0.29) is 6.09 Å². The smallest absolute Gasteiger partial charge is 0.410 e. The molecule has 114 valence electrons. The van der Waals surface area contributed by atoms with Gasteiger partial charge in [-0.15, -0.1) is 10.2 Å². The summed E-state index contributed by atoms with van der Waals surface area (Å²) in [7, 11) is 0. The first kappa shape index (κ1) is 15.3. The number of ether oxygens (including phenoxy) is 1. The molecule has 2 rings (SSSR count). The standard InChI is InChI=1S/C14H21N5O2/c1-3-5-7-15-17-13-9-11-10-19(14(20)21-4-2)8-6-12(11)16-18-13/h9H,3-8,10H2,1-2H3. The third kappa shape index (κ3) is 4.21. The summed E-state index contributed by atoms with van der Waals surface area (Å²) < 4.78 is 5.03. The van der Waals surface area contributed by atoms with E-state index in [1.807, 2.05) is 6.07 Å². The summed E-state index contributed by atoms with van der Waals surface area (Å²) in [5.74, 6) is 0.496. The summed E-state index contributed by atoms with van der Waals surface area (Å²) in [5, 5.41) is 16.4. The van der Waals surface area contributed by atoms with Crippen LogP contribution < -0.4 is 0 Å². The Morgan fingerprint density at radius 1 is 1.43 bits per heavy atom. The molecule has 0 fully saturated rings. The molecule has 0 saturated carbocycles. The van der Waals surface area contributed by atoms with Crippen molar-refractivity contribution in [3.8, 4) is 0 Å². The van der Waals surface area contributed by atoms with E-state index >= 15 is 0 Å². The van der Waals surface area contributed by atoms with Gasteiger partial charge in [0.05, 0.1) is 25.4 Å². The molecule has 0 N–H and O–H groups in total. The predicted octanol–water partition coefficient (Wildman–Crippen LogP) is 2.88. The van der Waals surface area contributed by atoms with Crippen LogP contribution in [0.25, 0.3) is 0 Å². The van der Waals surface area contributed by atoms with Crippen molar-refractivity contribution in [3.05, 3.63) is 17.3 Å². The van der Waals surface area contributed by atoms with Crippen LogP contribution >= 0.6 is 0 Å². The molecule has 0 saturated heterocycles. The number of aromatic nitrogens is 2. The molecule has 0 atom stereocenters. The number of nitrogens with zero attached hydrogens (tertiary/aromatic N) is 5. The molecule has 2 heterocycles. The molecule has 7 heteroatoms. The number of hydrogen-bond donors (Lipinski definition) is 0. The van der Waals surface area contributed by atoms with Crippen molar-refractivity contribution in [2.45, 2.75) is 39.7 Å². The fourth-order valence-corrected chi connectivity index (χ4v) is 2.09. The third-order valence-corrected chi connectivity index (χ3v) is 3.24. The molecule has 0 aliphatic carbocycles. The van der Waals surface area contributed by atoms with Gasteiger partial charge in [-0.2, -0.15) is 10.2 Å². The normalized spacial score (nSPS) is 14.3. The zero-order chi connectivity index (χ0) is 15.1. The van der Waals surface area contributed by atoms with E-state index in [1.165, 1.54) is 0 Å². The molecule has 1 amide bonds. The Kier molecular flexibility index (Phi) is 5.59. The highest BCUT2D eigenvalue weighted by Gasteiger charge is 2.23. The number of unbranched alkanes of at least 4 members (excludes halogenated alkanes) is 1. The van der Waals surface area contributed by atoms with Crippen LogP contribution in [0, 0.1) is 0 Å². The summed E-state index contributed by atoms with van der Waals surface area (Å²) in [6, 6.07) is 1.85. The molecule has 0 radical (unpaired) electrons. The fourth-order valence-electron chi connectivity index (χ4n) is 2.09. The Labute approximate surface area is 124 Å². The van der Waals surface area contributed by atoms with E-state index in [0.29, 0.717) is 38.5 Å². The van der Waals surface area contributed by atoms with Crippen LogP contribution in [0.2, 0.25) is 0 Å². The van der Waals surface area contributed by atoms with E-state index in [9.17, 15) is 4.79 Å². The van der Waals surface area contributed by atoms with Crippen LogP contribution in [0.5, 0.6) is 0 Å². The molecule has 0 unspecified atom stereocenters. The number of carbonyl (C=O) groups excluding carboxylic acids is 1. The molecular weight excluding hydrogens is 270 g/mol. The second-order valence-electron chi connectivity index (χ2n) is 4.86. The highest BCUT2D eigenvalue weighted by atomic mass is 16.6. The Balaban J connectivity index is 2.04. The van der Waals surface area contributed by atoms with Crippen molar-refractivity contribution in [2.24, 2.45) is 10.2 Å². The van der Waals surface area contributed by atoms with E-state index in [1.54, 1.807) is 11.8 Å². The monoisotopic (exact) mass is 291 g/mol. The van der Waals surface area contributed by atoms with Gasteiger partial charge in [-0.3, -0.25) is 0 Å². The minimum atomic E-state index is -0.286. The Morgan fingerprint density at radius 3 is 3.05 bits per heavy atom. The minimum absolute atomic E-state index is 0.286. The summed E-state index contributed by atoms with van der Waals surface area (Å²) in [6.45, 7) is 6.09. The lowest BCUT2D eigenvalue weighted by Gasteiger charge is -2.26. The predicted molar refractivity (Wildman–Crippen MR) is 77.5 cm³/mol. The summed E-state index contributed by atoms with van der Waals surface area (Å²) in [6.07, 6.45) is 2.50. The molecule has 21 heavy (non-hydrogen) atoms. The topological polar surface area (TPSA) is 80.0 Å². The van der Waals surface area contributed by atoms with Crippen LogP contribution in [0.1, 0.15) is 37.9 Å². The van der Waals surface area contributed by atoms with Crippen molar-refractivity contribution in [1.82, 2.24) is 15.1 Å². The first-order valence-corrected chi connectivity index (χ1v) is 7.39. The average molecular weight is 291 g/mol. The first-order valence-electron chi connectivity index (χ1n) is 7.39. The largest absolute Gasteiger partial charge is 0.450 e. The quantitative estimate of drug-likeness (QED) is 0.617. The van der Waals surface area contributed by atoms with Crippen LogP contribution in [0.3, 0.4) is 0 Å². The van der Waals surface area contributed by atoms with Crippen LogP contribution in [0.15, 0.2) is 16.3 Å². The molecule has 1 aromatic heterocycles. The lowest BCUT2D eigenvalue weighted by atomic mass is 10.1. The van der Waals surface area contributed by atoms with E-state index in [4.69, 9.17) is 4.74 Å². The lowest BCUT2D eigenvalue weighted by Crippen LogP contribution is -2.36. The van der Waals surface area contributed by atoms with E-state index in [0.717, 1.165) is 24.1 Å². The molecule has 1 aliphatic rings. The zero-order valence-electron chi connectivity index (χ0n) is 12.6. The zero-order valence-corrected chi connectivity index (χ0v) is 12.6. The second-order valence-corrected chi connectivity index (χ2v) is 4.86. The van der Waals surface area contributed by atoms with E-state index < -0.39 is 0 Å². The second kappa shape index (κ2) is 7.66. The van der Waals surface area contributed by atoms with Crippen LogP contribution in [-0.2, 0) is 17.7 Å². The number of carbonyl (C=O) groups is 1. The Hall–Kier alpha value is -2.05. The van der Waals surface area contributed by atoms with Crippen molar-refractivity contribution < 1.29 is 9.53 Å². The Bertz CT molecular complexity index is 518. The van der Waals surface area contributed by atoms with Gasteiger partial charge in [-0.25, -0.2) is 4.79 Å². The molecular formula is C14H21N5O2. The third-order valence-electron chi connectivity index (χ3n) is 3.24. The summed E-state index contributed by atoms with van der Waals surface area (Å²) in [4.78, 5) is 13.4. The van der Waals surface area contributed by atoms with Gasteiger partial charge in [0.15, 0.2) is 5.82 Å². The number of rotatable bonds is 5. The van der Waals surface area contributed by atoms with Crippen LogP contribution in [-0.4, -0.2) is 40.9 Å². The van der Waals surface area contributed by atoms with Crippen molar-refractivity contribution in [3.63, 3.8) is 0 Å². The SMILES string of the molecule is CCCCN=Nc1cc2c(nn1)CCN(C(=O)OCC)C2. The molecule has 1 aromatic rings. The number of amides is 1. The minimum Gasteiger partial charge on any atom is -0.450 e.